The van der Waals surface area contributed by atoms with Gasteiger partial charge >= 0.3 is 0 Å². The minimum atomic E-state index is -0.597. The zero-order chi connectivity index (χ0) is 21.1. The Morgan fingerprint density at radius 3 is 2.73 bits per heavy atom. The predicted octanol–water partition coefficient (Wildman–Crippen LogP) is 3.69. The van der Waals surface area contributed by atoms with E-state index in [-0.39, 0.29) is 17.7 Å². The molecule has 5 nitrogen and oxygen atoms in total. The summed E-state index contributed by atoms with van der Waals surface area (Å²) in [6, 6.07) is 12.2. The van der Waals surface area contributed by atoms with Crippen molar-refractivity contribution in [1.29, 1.82) is 0 Å². The van der Waals surface area contributed by atoms with E-state index in [0.29, 0.717) is 25.4 Å². The second-order valence-electron chi connectivity index (χ2n) is 8.90. The van der Waals surface area contributed by atoms with Crippen molar-refractivity contribution in [2.75, 3.05) is 19.6 Å². The summed E-state index contributed by atoms with van der Waals surface area (Å²) in [7, 11) is 0. The molecule has 2 amide bonds. The van der Waals surface area contributed by atoms with Crippen molar-refractivity contribution in [2.24, 2.45) is 17.3 Å². The first-order valence-electron chi connectivity index (χ1n) is 11.1. The molecule has 30 heavy (non-hydrogen) atoms. The number of likely N-dealkylation sites (tertiary alicyclic amines) is 1. The van der Waals surface area contributed by atoms with E-state index in [1.54, 1.807) is 6.20 Å². The molecule has 1 aliphatic heterocycles. The number of benzene rings is 1. The molecule has 1 N–H and O–H groups in total. The number of nitrogens with one attached hydrogen (secondary N) is 1. The van der Waals surface area contributed by atoms with E-state index in [9.17, 15) is 9.59 Å². The number of nitrogens with zero attached hydrogens (tertiary/aromatic N) is 2. The van der Waals surface area contributed by atoms with Gasteiger partial charge < -0.3 is 10.2 Å². The van der Waals surface area contributed by atoms with Crippen molar-refractivity contribution in [1.82, 2.24) is 15.2 Å². The Morgan fingerprint density at radius 2 is 2.03 bits per heavy atom. The predicted molar refractivity (Wildman–Crippen MR) is 118 cm³/mol. The van der Waals surface area contributed by atoms with Crippen molar-refractivity contribution in [3.63, 3.8) is 0 Å². The molecule has 1 saturated carbocycles. The van der Waals surface area contributed by atoms with Crippen LogP contribution >= 0.6 is 0 Å². The first kappa shape index (κ1) is 20.6. The maximum absolute atomic E-state index is 13.3. The van der Waals surface area contributed by atoms with Crippen LogP contribution in [0.1, 0.15) is 38.7 Å². The van der Waals surface area contributed by atoms with Crippen LogP contribution in [-0.4, -0.2) is 41.3 Å². The fourth-order valence-corrected chi connectivity index (χ4v) is 4.82. The fraction of sp³-hybridized carbons (Fsp3) is 0.480. The summed E-state index contributed by atoms with van der Waals surface area (Å²) >= 11 is 0. The van der Waals surface area contributed by atoms with Crippen LogP contribution < -0.4 is 5.32 Å². The van der Waals surface area contributed by atoms with Crippen LogP contribution in [0.4, 0.5) is 0 Å². The number of carbonyl (C=O) groups is 2. The van der Waals surface area contributed by atoms with E-state index in [2.05, 4.69) is 35.4 Å². The lowest BCUT2D eigenvalue weighted by Gasteiger charge is -2.42. The van der Waals surface area contributed by atoms with Crippen LogP contribution in [0.5, 0.6) is 0 Å². The van der Waals surface area contributed by atoms with Gasteiger partial charge in [-0.15, -0.1) is 0 Å². The lowest BCUT2D eigenvalue weighted by Crippen LogP contribution is -2.54. The van der Waals surface area contributed by atoms with Gasteiger partial charge in [-0.25, -0.2) is 0 Å². The molecule has 2 fully saturated rings. The van der Waals surface area contributed by atoms with Crippen LogP contribution in [0.3, 0.4) is 0 Å². The van der Waals surface area contributed by atoms with Gasteiger partial charge in [0.1, 0.15) is 0 Å². The van der Waals surface area contributed by atoms with Crippen LogP contribution in [-0.2, 0) is 16.0 Å². The van der Waals surface area contributed by atoms with Gasteiger partial charge in [-0.2, -0.15) is 0 Å². The van der Waals surface area contributed by atoms with Gasteiger partial charge in [-0.05, 0) is 55.7 Å². The highest BCUT2D eigenvalue weighted by Crippen LogP contribution is 2.42. The van der Waals surface area contributed by atoms with Gasteiger partial charge in [0.05, 0.1) is 5.41 Å². The molecule has 3 unspecified atom stereocenters. The molecule has 0 radical (unpaired) electrons. The Balaban J connectivity index is 1.65. The van der Waals surface area contributed by atoms with Crippen molar-refractivity contribution in [3.8, 4) is 11.1 Å². The molecule has 4 rings (SSSR count). The van der Waals surface area contributed by atoms with Crippen molar-refractivity contribution in [3.05, 3.63) is 54.4 Å². The SMILES string of the molecule is CCNC(=O)C1(Cc2ccccc2-c2cccnc2)CCCN(C(=O)C2CC2C)C1. The largest absolute Gasteiger partial charge is 0.356 e. The Labute approximate surface area is 178 Å². The second kappa shape index (κ2) is 8.58. The smallest absolute Gasteiger partial charge is 0.228 e. The zero-order valence-corrected chi connectivity index (χ0v) is 17.9. The van der Waals surface area contributed by atoms with Gasteiger partial charge in [0.2, 0.25) is 11.8 Å². The third-order valence-corrected chi connectivity index (χ3v) is 6.65. The molecular weight excluding hydrogens is 374 g/mol. The molecule has 3 atom stereocenters. The van der Waals surface area contributed by atoms with Crippen molar-refractivity contribution in [2.45, 2.75) is 39.5 Å². The Morgan fingerprint density at radius 1 is 1.23 bits per heavy atom. The first-order chi connectivity index (χ1) is 14.5. The summed E-state index contributed by atoms with van der Waals surface area (Å²) in [4.78, 5) is 32.5. The molecule has 2 aliphatic rings. The Bertz CT molecular complexity index is 914. The summed E-state index contributed by atoms with van der Waals surface area (Å²) in [5, 5.41) is 3.06. The van der Waals surface area contributed by atoms with Gasteiger partial charge in [0.25, 0.3) is 0 Å². The molecule has 2 heterocycles. The highest BCUT2D eigenvalue weighted by atomic mass is 16.2. The first-order valence-corrected chi connectivity index (χ1v) is 11.1. The molecule has 2 aromatic rings. The third kappa shape index (κ3) is 4.11. The number of piperidine rings is 1. The van der Waals surface area contributed by atoms with E-state index >= 15 is 0 Å². The molecule has 0 bridgehead atoms. The summed E-state index contributed by atoms with van der Waals surface area (Å²) in [6.07, 6.45) is 6.89. The van der Waals surface area contributed by atoms with Crippen molar-refractivity contribution < 1.29 is 9.59 Å². The monoisotopic (exact) mass is 405 g/mol. The minimum absolute atomic E-state index is 0.0623. The lowest BCUT2D eigenvalue weighted by molar-refractivity contribution is -0.142. The topological polar surface area (TPSA) is 62.3 Å². The van der Waals surface area contributed by atoms with Gasteiger partial charge in [-0.3, -0.25) is 14.6 Å². The van der Waals surface area contributed by atoms with E-state index in [1.807, 2.05) is 36.2 Å². The number of pyridine rings is 1. The number of amides is 2. The van der Waals surface area contributed by atoms with Gasteiger partial charge in [0.15, 0.2) is 0 Å². The molecule has 1 aromatic heterocycles. The highest BCUT2D eigenvalue weighted by molar-refractivity contribution is 5.86. The normalized spacial score (nSPS) is 25.6. The molecule has 158 valence electrons. The van der Waals surface area contributed by atoms with Crippen LogP contribution in [0.15, 0.2) is 48.8 Å². The summed E-state index contributed by atoms with van der Waals surface area (Å²) in [5.74, 6) is 0.922. The number of aromatic nitrogens is 1. The summed E-state index contributed by atoms with van der Waals surface area (Å²) in [5.41, 5.74) is 2.69. The van der Waals surface area contributed by atoms with Gasteiger partial charge in [0, 0.05) is 43.5 Å². The van der Waals surface area contributed by atoms with Crippen LogP contribution in [0.2, 0.25) is 0 Å². The third-order valence-electron chi connectivity index (χ3n) is 6.65. The van der Waals surface area contributed by atoms with Crippen LogP contribution in [0, 0.1) is 17.3 Å². The van der Waals surface area contributed by atoms with Crippen molar-refractivity contribution >= 4 is 11.8 Å². The number of carbonyl (C=O) groups excluding carboxylic acids is 2. The van der Waals surface area contributed by atoms with E-state index in [4.69, 9.17) is 0 Å². The maximum Gasteiger partial charge on any atom is 0.228 e. The minimum Gasteiger partial charge on any atom is -0.356 e. The van der Waals surface area contributed by atoms with Gasteiger partial charge in [-0.1, -0.05) is 37.3 Å². The molecule has 5 heteroatoms. The zero-order valence-electron chi connectivity index (χ0n) is 17.9. The van der Waals surface area contributed by atoms with Crippen LogP contribution in [0.25, 0.3) is 11.1 Å². The molecule has 1 aromatic carbocycles. The second-order valence-corrected chi connectivity index (χ2v) is 8.90. The summed E-state index contributed by atoms with van der Waals surface area (Å²) < 4.78 is 0. The molecule has 1 saturated heterocycles. The van der Waals surface area contributed by atoms with E-state index in [1.165, 1.54) is 0 Å². The Kier molecular flexibility index (Phi) is 5.89. The molecule has 1 aliphatic carbocycles. The Hall–Kier alpha value is -2.69. The van der Waals surface area contributed by atoms with E-state index in [0.717, 1.165) is 42.5 Å². The average Bonchev–Trinajstić information content (AvgIpc) is 3.51. The number of rotatable bonds is 6. The quantitative estimate of drug-likeness (QED) is 0.797. The molecular formula is C25H31N3O2. The standard InChI is InChI=1S/C25H31N3O2/c1-3-27-24(30)25(11-7-13-28(17-25)23(29)22-14-18(22)2)15-19-8-4-5-10-21(19)20-9-6-12-26-16-20/h4-6,8-10,12,16,18,22H,3,7,11,13-15,17H2,1-2H3,(H,27,30). The summed E-state index contributed by atoms with van der Waals surface area (Å²) in [6.45, 7) is 5.94. The average molecular weight is 406 g/mol. The van der Waals surface area contributed by atoms with E-state index < -0.39 is 5.41 Å². The maximum atomic E-state index is 13.3. The lowest BCUT2D eigenvalue weighted by atomic mass is 9.73. The fourth-order valence-electron chi connectivity index (χ4n) is 4.82. The number of hydrogen-bond donors (Lipinski definition) is 1. The highest BCUT2D eigenvalue weighted by Gasteiger charge is 2.47. The molecule has 0 spiro atoms. The number of hydrogen-bond acceptors (Lipinski definition) is 3.